The summed E-state index contributed by atoms with van der Waals surface area (Å²) in [6.07, 6.45) is -1.09. The maximum absolute atomic E-state index is 12.4. The first-order chi connectivity index (χ1) is 13.4. The van der Waals surface area contributed by atoms with Gasteiger partial charge in [-0.25, -0.2) is 4.79 Å². The van der Waals surface area contributed by atoms with Crippen molar-refractivity contribution in [3.05, 3.63) is 40.8 Å². The molecule has 0 bridgehead atoms. The second kappa shape index (κ2) is 9.75. The summed E-state index contributed by atoms with van der Waals surface area (Å²) >= 11 is 1.15. The van der Waals surface area contributed by atoms with Gasteiger partial charge in [0, 0.05) is 0 Å². The van der Waals surface area contributed by atoms with Crippen molar-refractivity contribution >= 4 is 34.1 Å². The molecule has 8 nitrogen and oxygen atoms in total. The molecule has 0 spiro atoms. The molecule has 0 aliphatic carbocycles. The van der Waals surface area contributed by atoms with Crippen LogP contribution in [0.4, 0.5) is 5.00 Å². The van der Waals surface area contributed by atoms with E-state index in [4.69, 9.17) is 19.9 Å². The maximum Gasteiger partial charge on any atom is 0.339 e. The molecular weight excluding hydrogens is 384 g/mol. The molecule has 0 saturated heterocycles. The highest BCUT2D eigenvalue weighted by molar-refractivity contribution is 7.14. The van der Waals surface area contributed by atoms with E-state index >= 15 is 0 Å². The van der Waals surface area contributed by atoms with Crippen LogP contribution in [0.25, 0.3) is 0 Å². The Morgan fingerprint density at radius 1 is 1.11 bits per heavy atom. The Labute approximate surface area is 166 Å². The molecular formula is C19H22N2O6S. The molecule has 1 heterocycles. The van der Waals surface area contributed by atoms with Gasteiger partial charge < -0.3 is 25.3 Å². The van der Waals surface area contributed by atoms with Gasteiger partial charge in [0.1, 0.15) is 5.00 Å². The molecule has 0 aliphatic heterocycles. The van der Waals surface area contributed by atoms with E-state index in [1.54, 1.807) is 11.4 Å². The van der Waals surface area contributed by atoms with Crippen LogP contribution < -0.4 is 20.5 Å². The van der Waals surface area contributed by atoms with Gasteiger partial charge in [-0.2, -0.15) is 0 Å². The quantitative estimate of drug-likeness (QED) is 0.619. The lowest BCUT2D eigenvalue weighted by molar-refractivity contribution is -0.123. The first-order valence-electron chi connectivity index (χ1n) is 8.66. The number of hydrogen-bond acceptors (Lipinski definition) is 7. The summed E-state index contributed by atoms with van der Waals surface area (Å²) < 4.78 is 16.2. The summed E-state index contributed by atoms with van der Waals surface area (Å²) in [6.45, 7) is 5.95. The van der Waals surface area contributed by atoms with E-state index in [2.05, 4.69) is 5.32 Å². The van der Waals surface area contributed by atoms with Crippen molar-refractivity contribution in [3.8, 4) is 11.5 Å². The fourth-order valence-corrected chi connectivity index (χ4v) is 3.07. The van der Waals surface area contributed by atoms with Gasteiger partial charge in [-0.3, -0.25) is 9.59 Å². The number of thiophene rings is 1. The van der Waals surface area contributed by atoms with Crippen molar-refractivity contribution in [1.82, 2.24) is 0 Å². The van der Waals surface area contributed by atoms with E-state index in [-0.39, 0.29) is 11.1 Å². The van der Waals surface area contributed by atoms with Crippen LogP contribution in [0.5, 0.6) is 11.5 Å². The number of nitrogens with two attached hydrogens (primary N) is 1. The Bertz CT molecular complexity index is 864. The van der Waals surface area contributed by atoms with E-state index in [9.17, 15) is 14.4 Å². The number of primary amides is 1. The number of hydrogen-bond donors (Lipinski definition) is 2. The lowest BCUT2D eigenvalue weighted by Crippen LogP contribution is -2.30. The van der Waals surface area contributed by atoms with Crippen molar-refractivity contribution in [3.63, 3.8) is 0 Å². The molecule has 1 atom stereocenters. The molecule has 150 valence electrons. The highest BCUT2D eigenvalue weighted by atomic mass is 32.1. The van der Waals surface area contributed by atoms with Crippen LogP contribution in [0.1, 0.15) is 41.5 Å². The van der Waals surface area contributed by atoms with Gasteiger partial charge in [0.05, 0.1) is 24.3 Å². The zero-order chi connectivity index (χ0) is 20.7. The van der Waals surface area contributed by atoms with Gasteiger partial charge in [0.15, 0.2) is 17.6 Å². The summed E-state index contributed by atoms with van der Waals surface area (Å²) in [6, 6.07) is 6.16. The minimum absolute atomic E-state index is 0.199. The normalized spacial score (nSPS) is 11.4. The first kappa shape index (κ1) is 21.2. The molecule has 0 aliphatic rings. The predicted octanol–water partition coefficient (Wildman–Crippen LogP) is 2.83. The lowest BCUT2D eigenvalue weighted by Gasteiger charge is -2.15. The molecule has 0 saturated carbocycles. The van der Waals surface area contributed by atoms with Gasteiger partial charge in [-0.1, -0.05) is 0 Å². The second-order valence-corrected chi connectivity index (χ2v) is 6.51. The minimum atomic E-state index is -1.09. The average Bonchev–Trinajstić information content (AvgIpc) is 3.11. The van der Waals surface area contributed by atoms with Gasteiger partial charge in [0.25, 0.3) is 11.8 Å². The van der Waals surface area contributed by atoms with Crippen LogP contribution in [0, 0.1) is 0 Å². The number of ether oxygens (including phenoxy) is 3. The molecule has 0 fully saturated rings. The molecule has 9 heteroatoms. The zero-order valence-electron chi connectivity index (χ0n) is 15.8. The highest BCUT2D eigenvalue weighted by Crippen LogP contribution is 2.29. The monoisotopic (exact) mass is 406 g/mol. The lowest BCUT2D eigenvalue weighted by atomic mass is 10.2. The molecule has 1 unspecified atom stereocenters. The molecule has 1 aromatic carbocycles. The van der Waals surface area contributed by atoms with Crippen molar-refractivity contribution < 1.29 is 28.6 Å². The Morgan fingerprint density at radius 3 is 2.43 bits per heavy atom. The number of benzene rings is 1. The third-order valence-corrected chi connectivity index (χ3v) is 4.43. The van der Waals surface area contributed by atoms with Crippen LogP contribution >= 0.6 is 11.3 Å². The van der Waals surface area contributed by atoms with Crippen molar-refractivity contribution in [1.29, 1.82) is 0 Å². The predicted molar refractivity (Wildman–Crippen MR) is 105 cm³/mol. The minimum Gasteiger partial charge on any atom is -0.490 e. The van der Waals surface area contributed by atoms with Gasteiger partial charge in [0.2, 0.25) is 0 Å². The third-order valence-electron chi connectivity index (χ3n) is 3.60. The Morgan fingerprint density at radius 2 is 1.79 bits per heavy atom. The van der Waals surface area contributed by atoms with Crippen LogP contribution in [-0.2, 0) is 9.53 Å². The van der Waals surface area contributed by atoms with Gasteiger partial charge >= 0.3 is 5.97 Å². The largest absolute Gasteiger partial charge is 0.490 e. The fraction of sp³-hybridized carbons (Fsp3) is 0.316. The molecule has 0 radical (unpaired) electrons. The topological polar surface area (TPSA) is 117 Å². The van der Waals surface area contributed by atoms with E-state index in [1.807, 2.05) is 13.8 Å². The van der Waals surface area contributed by atoms with Crippen LogP contribution in [0.15, 0.2) is 29.6 Å². The van der Waals surface area contributed by atoms with E-state index in [0.29, 0.717) is 29.7 Å². The van der Waals surface area contributed by atoms with Crippen LogP contribution in [0.2, 0.25) is 0 Å². The number of amides is 2. The van der Waals surface area contributed by atoms with E-state index in [0.717, 1.165) is 11.3 Å². The smallest absolute Gasteiger partial charge is 0.339 e. The number of carbonyl (C=O) groups is 3. The number of nitrogens with one attached hydrogen (secondary N) is 1. The Balaban J connectivity index is 2.06. The van der Waals surface area contributed by atoms with Crippen molar-refractivity contribution in [2.24, 2.45) is 5.73 Å². The average molecular weight is 406 g/mol. The Kier molecular flexibility index (Phi) is 7.39. The standard InChI is InChI=1S/C19H22N2O6S/c1-4-25-14-7-6-12(10-15(14)26-5-2)19(24)27-11(3)17(23)21-18-13(16(20)22)8-9-28-18/h6-11H,4-5H2,1-3H3,(H2,20,22)(H,21,23). The second-order valence-electron chi connectivity index (χ2n) is 5.59. The summed E-state index contributed by atoms with van der Waals surface area (Å²) in [5, 5.41) is 4.48. The van der Waals surface area contributed by atoms with Gasteiger partial charge in [-0.05, 0) is 50.4 Å². The third kappa shape index (κ3) is 5.23. The van der Waals surface area contributed by atoms with Gasteiger partial charge in [-0.15, -0.1) is 11.3 Å². The zero-order valence-corrected chi connectivity index (χ0v) is 16.6. The first-order valence-corrected chi connectivity index (χ1v) is 9.54. The molecule has 2 rings (SSSR count). The van der Waals surface area contributed by atoms with Crippen LogP contribution in [-0.4, -0.2) is 37.1 Å². The van der Waals surface area contributed by atoms with E-state index in [1.165, 1.54) is 25.1 Å². The number of carbonyl (C=O) groups excluding carboxylic acids is 3. The molecule has 3 N–H and O–H groups in total. The summed E-state index contributed by atoms with van der Waals surface area (Å²) in [5.41, 5.74) is 5.67. The highest BCUT2D eigenvalue weighted by Gasteiger charge is 2.22. The molecule has 2 aromatic rings. The summed E-state index contributed by atoms with van der Waals surface area (Å²) in [7, 11) is 0. The number of anilines is 1. The van der Waals surface area contributed by atoms with Crippen molar-refractivity contribution in [2.75, 3.05) is 18.5 Å². The van der Waals surface area contributed by atoms with E-state index < -0.39 is 23.9 Å². The fourth-order valence-electron chi connectivity index (χ4n) is 2.27. The molecule has 2 amide bonds. The number of esters is 1. The molecule has 28 heavy (non-hydrogen) atoms. The van der Waals surface area contributed by atoms with Crippen molar-refractivity contribution in [2.45, 2.75) is 26.9 Å². The maximum atomic E-state index is 12.4. The SMILES string of the molecule is CCOc1ccc(C(=O)OC(C)C(=O)Nc2sccc2C(N)=O)cc1OCC. The number of rotatable bonds is 9. The van der Waals surface area contributed by atoms with Crippen LogP contribution in [0.3, 0.4) is 0 Å². The summed E-state index contributed by atoms with van der Waals surface area (Å²) in [5.74, 6) is -0.981. The molecule has 1 aromatic heterocycles. The summed E-state index contributed by atoms with van der Waals surface area (Å²) in [4.78, 5) is 36.0. The Hall–Kier alpha value is -3.07.